The van der Waals surface area contributed by atoms with E-state index in [-0.39, 0.29) is 47.7 Å². The van der Waals surface area contributed by atoms with Gasteiger partial charge in [0.25, 0.3) is 11.8 Å². The molecular formula is C21H23N7O6S2. The van der Waals surface area contributed by atoms with E-state index in [1.165, 1.54) is 29.0 Å². The Hall–Kier alpha value is -3.40. The van der Waals surface area contributed by atoms with Crippen LogP contribution >= 0.6 is 11.3 Å². The molecule has 0 aliphatic carbocycles. The van der Waals surface area contributed by atoms with Gasteiger partial charge in [0.2, 0.25) is 10.0 Å². The largest absolute Gasteiger partial charge is 0.489 e. The summed E-state index contributed by atoms with van der Waals surface area (Å²) in [6.07, 6.45) is 2.54. The van der Waals surface area contributed by atoms with Crippen molar-refractivity contribution in [1.82, 2.24) is 34.9 Å². The van der Waals surface area contributed by atoms with Gasteiger partial charge in [-0.2, -0.15) is 4.31 Å². The molecule has 13 nitrogen and oxygen atoms in total. The Balaban J connectivity index is 1.43. The van der Waals surface area contributed by atoms with Crippen molar-refractivity contribution in [1.29, 1.82) is 0 Å². The number of hydrogen-bond acceptors (Lipinski definition) is 10. The number of carbonyl (C=O) groups is 2. The minimum Gasteiger partial charge on any atom is -0.489 e. The highest BCUT2D eigenvalue weighted by molar-refractivity contribution is 7.89. The van der Waals surface area contributed by atoms with E-state index in [1.807, 2.05) is 0 Å². The van der Waals surface area contributed by atoms with Crippen LogP contribution in [-0.4, -0.2) is 83.4 Å². The first kappa shape index (κ1) is 24.3. The molecule has 2 aliphatic rings. The standard InChI is InChI=1S/C21H23N7O6S2/c1-22-20(29)18-7-14(12-35-18)36(31,32)28-9-15-17(10-28)34-11-13-8-27(26-25-13)5-6-33-16-3-2-4-23-19(16)21(30)24-15/h2-4,7-8,12,15,17H,5-6,9-11H2,1H3,(H,22,29)(H,24,30)/t15-,17-/m0/s1. The summed E-state index contributed by atoms with van der Waals surface area (Å²) in [6, 6.07) is 3.97. The summed E-state index contributed by atoms with van der Waals surface area (Å²) >= 11 is 1.04. The number of hydrogen-bond donors (Lipinski definition) is 2. The first-order valence-electron chi connectivity index (χ1n) is 11.0. The lowest BCUT2D eigenvalue weighted by Gasteiger charge is -2.20. The second kappa shape index (κ2) is 9.93. The van der Waals surface area contributed by atoms with Crippen LogP contribution in [0.25, 0.3) is 0 Å². The fraction of sp³-hybridized carbons (Fsp3) is 0.381. The van der Waals surface area contributed by atoms with Crippen molar-refractivity contribution in [2.45, 2.75) is 30.2 Å². The molecule has 3 aromatic rings. The first-order chi connectivity index (χ1) is 17.3. The van der Waals surface area contributed by atoms with Crippen LogP contribution < -0.4 is 15.4 Å². The minimum atomic E-state index is -3.95. The van der Waals surface area contributed by atoms with Crippen molar-refractivity contribution in [3.63, 3.8) is 0 Å². The summed E-state index contributed by atoms with van der Waals surface area (Å²) in [5.41, 5.74) is 0.649. The number of amides is 2. The smallest absolute Gasteiger partial charge is 0.274 e. The Morgan fingerprint density at radius 2 is 2.19 bits per heavy atom. The third-order valence-corrected chi connectivity index (χ3v) is 8.70. The quantitative estimate of drug-likeness (QED) is 0.468. The predicted molar refractivity (Wildman–Crippen MR) is 126 cm³/mol. The van der Waals surface area contributed by atoms with Crippen molar-refractivity contribution in [3.8, 4) is 5.75 Å². The lowest BCUT2D eigenvalue weighted by Crippen LogP contribution is -2.44. The molecule has 2 bridgehead atoms. The molecule has 0 unspecified atom stereocenters. The molecule has 1 fully saturated rings. The Bertz CT molecular complexity index is 1390. The number of fused-ring (bicyclic) bond motifs is 4. The highest BCUT2D eigenvalue weighted by Gasteiger charge is 2.42. The maximum absolute atomic E-state index is 13.4. The molecular weight excluding hydrogens is 510 g/mol. The first-order valence-corrected chi connectivity index (χ1v) is 13.4. The Morgan fingerprint density at radius 3 is 3.03 bits per heavy atom. The number of thiophene rings is 1. The van der Waals surface area contributed by atoms with E-state index in [0.29, 0.717) is 18.0 Å². The molecule has 0 spiro atoms. The molecule has 36 heavy (non-hydrogen) atoms. The van der Waals surface area contributed by atoms with Crippen molar-refractivity contribution >= 4 is 33.2 Å². The van der Waals surface area contributed by atoms with Crippen LogP contribution in [0.15, 0.2) is 40.9 Å². The van der Waals surface area contributed by atoms with Crippen molar-refractivity contribution < 1.29 is 27.5 Å². The molecule has 190 valence electrons. The third kappa shape index (κ3) is 4.82. The lowest BCUT2D eigenvalue weighted by atomic mass is 10.2. The van der Waals surface area contributed by atoms with Crippen LogP contribution in [0.1, 0.15) is 25.9 Å². The summed E-state index contributed by atoms with van der Waals surface area (Å²) in [7, 11) is -2.47. The second-order valence-corrected chi connectivity index (χ2v) is 11.0. The van der Waals surface area contributed by atoms with Gasteiger partial charge in [0, 0.05) is 31.7 Å². The van der Waals surface area contributed by atoms with Gasteiger partial charge in [0.15, 0.2) is 11.4 Å². The number of nitrogens with zero attached hydrogens (tertiary/aromatic N) is 5. The SMILES string of the molecule is CNC(=O)c1cc(S(=O)(=O)N2C[C@@H]3NC(=O)c4ncccc4OCCn4cc(nn4)CO[C@H]3C2)cs1. The third-order valence-electron chi connectivity index (χ3n) is 5.81. The van der Waals surface area contributed by atoms with Crippen LogP contribution in [0.3, 0.4) is 0 Å². The number of ether oxygens (including phenoxy) is 2. The van der Waals surface area contributed by atoms with Crippen molar-refractivity contribution in [2.75, 3.05) is 26.7 Å². The molecule has 0 saturated carbocycles. The van der Waals surface area contributed by atoms with Gasteiger partial charge in [-0.25, -0.2) is 18.1 Å². The Kier molecular flexibility index (Phi) is 6.70. The van der Waals surface area contributed by atoms with Gasteiger partial charge in [-0.05, 0) is 18.2 Å². The molecule has 2 atom stereocenters. The van der Waals surface area contributed by atoms with Crippen LogP contribution in [0.2, 0.25) is 0 Å². The molecule has 3 aromatic heterocycles. The zero-order valence-electron chi connectivity index (χ0n) is 19.2. The topological polar surface area (TPSA) is 158 Å². The van der Waals surface area contributed by atoms with Crippen LogP contribution in [0.4, 0.5) is 0 Å². The predicted octanol–water partition coefficient (Wildman–Crippen LogP) is -0.125. The summed E-state index contributed by atoms with van der Waals surface area (Å²) < 4.78 is 41.4. The van der Waals surface area contributed by atoms with E-state index >= 15 is 0 Å². The average Bonchev–Trinajstić information content (AvgIpc) is 3.62. The molecule has 15 heteroatoms. The molecule has 0 aromatic carbocycles. The number of nitrogens with one attached hydrogen (secondary N) is 2. The van der Waals surface area contributed by atoms with Gasteiger partial charge in [-0.1, -0.05) is 5.21 Å². The minimum absolute atomic E-state index is 0.00184. The maximum Gasteiger partial charge on any atom is 0.274 e. The fourth-order valence-corrected chi connectivity index (χ4v) is 6.64. The molecule has 5 heterocycles. The fourth-order valence-electron chi connectivity index (χ4n) is 3.96. The molecule has 2 amide bonds. The van der Waals surface area contributed by atoms with E-state index in [1.54, 1.807) is 23.0 Å². The van der Waals surface area contributed by atoms with Crippen molar-refractivity contribution in [2.24, 2.45) is 0 Å². The van der Waals surface area contributed by atoms with E-state index in [9.17, 15) is 18.0 Å². The van der Waals surface area contributed by atoms with Gasteiger partial charge in [0.05, 0.1) is 41.3 Å². The number of sulfonamides is 1. The molecule has 5 rings (SSSR count). The summed E-state index contributed by atoms with van der Waals surface area (Å²) in [5.74, 6) is -0.574. The maximum atomic E-state index is 13.4. The van der Waals surface area contributed by atoms with Crippen LogP contribution in [0, 0.1) is 0 Å². The van der Waals surface area contributed by atoms with Crippen LogP contribution in [-0.2, 0) is 27.9 Å². The highest BCUT2D eigenvalue weighted by atomic mass is 32.2. The second-order valence-electron chi connectivity index (χ2n) is 8.15. The number of pyridine rings is 1. The van der Waals surface area contributed by atoms with Gasteiger partial charge >= 0.3 is 0 Å². The molecule has 1 saturated heterocycles. The summed E-state index contributed by atoms with van der Waals surface area (Å²) in [5, 5.41) is 14.9. The van der Waals surface area contributed by atoms with E-state index in [2.05, 4.69) is 25.9 Å². The molecule has 2 N–H and O–H groups in total. The van der Waals surface area contributed by atoms with E-state index in [4.69, 9.17) is 9.47 Å². The highest BCUT2D eigenvalue weighted by Crippen LogP contribution is 2.27. The number of rotatable bonds is 3. The van der Waals surface area contributed by atoms with Gasteiger partial charge in [0.1, 0.15) is 12.3 Å². The summed E-state index contributed by atoms with van der Waals surface area (Å²) in [4.78, 5) is 29.5. The van der Waals surface area contributed by atoms with Crippen LogP contribution in [0.5, 0.6) is 5.75 Å². The van der Waals surface area contributed by atoms with E-state index < -0.39 is 28.1 Å². The lowest BCUT2D eigenvalue weighted by molar-refractivity contribution is 0.0320. The van der Waals surface area contributed by atoms with Gasteiger partial charge in [-0.15, -0.1) is 16.4 Å². The Morgan fingerprint density at radius 1 is 1.33 bits per heavy atom. The monoisotopic (exact) mass is 533 g/mol. The normalized spacial score (nSPS) is 21.0. The zero-order chi connectivity index (χ0) is 25.3. The molecule has 2 aliphatic heterocycles. The average molecular weight is 534 g/mol. The van der Waals surface area contributed by atoms with E-state index in [0.717, 1.165) is 11.3 Å². The molecule has 0 radical (unpaired) electrons. The van der Waals surface area contributed by atoms with Crippen molar-refractivity contribution in [3.05, 3.63) is 52.2 Å². The number of aromatic nitrogens is 4. The Labute approximate surface area is 210 Å². The summed E-state index contributed by atoms with van der Waals surface area (Å²) in [6.45, 7) is 0.698. The zero-order valence-corrected chi connectivity index (χ0v) is 20.8. The van der Waals surface area contributed by atoms with Gasteiger partial charge < -0.3 is 20.1 Å². The number of carbonyl (C=O) groups excluding carboxylic acids is 2. The van der Waals surface area contributed by atoms with Gasteiger partial charge in [-0.3, -0.25) is 9.59 Å².